The molecular weight excluding hydrogens is 346 g/mol. The topological polar surface area (TPSA) is 37.3 Å². The van der Waals surface area contributed by atoms with Crippen molar-refractivity contribution in [3.05, 3.63) is 54.1 Å². The molecule has 0 unspecified atom stereocenters. The molecule has 0 atom stereocenters. The maximum absolute atomic E-state index is 4.82. The summed E-state index contributed by atoms with van der Waals surface area (Å²) >= 11 is 3.62. The third-order valence-electron chi connectivity index (χ3n) is 4.20. The van der Waals surface area contributed by atoms with Gasteiger partial charge in [-0.1, -0.05) is 35.6 Å². The summed E-state index contributed by atoms with van der Waals surface area (Å²) in [5.41, 5.74) is 3.47. The molecule has 128 valence electrons. The minimum absolute atomic E-state index is 0.884. The monoisotopic (exact) mass is 367 g/mol. The number of aliphatic imine (C=N–C) groups is 1. The van der Waals surface area contributed by atoms with Crippen LogP contribution in [0.1, 0.15) is 24.8 Å². The van der Waals surface area contributed by atoms with Crippen LogP contribution < -0.4 is 5.32 Å². The number of aromatic nitrogens is 1. The Kier molecular flexibility index (Phi) is 5.33. The van der Waals surface area contributed by atoms with E-state index in [1.807, 2.05) is 17.8 Å². The third kappa shape index (κ3) is 4.41. The van der Waals surface area contributed by atoms with Crippen molar-refractivity contribution in [1.82, 2.24) is 4.98 Å². The highest BCUT2D eigenvalue weighted by Gasteiger charge is 2.07. The molecule has 4 rings (SSSR count). The van der Waals surface area contributed by atoms with E-state index in [2.05, 4.69) is 52.8 Å². The molecule has 1 aliphatic heterocycles. The number of fused-ring (bicyclic) bond motifs is 1. The number of para-hydroxylation sites is 1. The maximum Gasteiger partial charge on any atom is 0.183 e. The summed E-state index contributed by atoms with van der Waals surface area (Å²) in [6, 6.07) is 16.9. The lowest BCUT2D eigenvalue weighted by molar-refractivity contribution is 0.839. The number of rotatable bonds is 5. The molecular formula is C20H21N3S2. The van der Waals surface area contributed by atoms with Gasteiger partial charge in [-0.25, -0.2) is 9.98 Å². The highest BCUT2D eigenvalue weighted by molar-refractivity contribution is 8.14. The zero-order valence-electron chi connectivity index (χ0n) is 14.1. The van der Waals surface area contributed by atoms with Crippen LogP contribution in [0.25, 0.3) is 10.2 Å². The number of hydrogen-bond donors (Lipinski definition) is 1. The predicted octanol–water partition coefficient (Wildman–Crippen LogP) is 5.90. The van der Waals surface area contributed by atoms with Crippen molar-refractivity contribution in [1.29, 1.82) is 0 Å². The fourth-order valence-corrected chi connectivity index (χ4v) is 4.85. The summed E-state index contributed by atoms with van der Waals surface area (Å²) in [5.74, 6) is 1.21. The van der Waals surface area contributed by atoms with Crippen molar-refractivity contribution in [2.45, 2.75) is 25.7 Å². The van der Waals surface area contributed by atoms with Crippen LogP contribution in [0.3, 0.4) is 0 Å². The van der Waals surface area contributed by atoms with E-state index in [0.29, 0.717) is 0 Å². The third-order valence-corrected chi connectivity index (χ3v) is 6.32. The molecule has 2 heterocycles. The van der Waals surface area contributed by atoms with E-state index in [1.165, 1.54) is 33.9 Å². The Bertz CT molecular complexity index is 844. The minimum Gasteiger partial charge on any atom is -0.361 e. The highest BCUT2D eigenvalue weighted by atomic mass is 32.2. The van der Waals surface area contributed by atoms with Crippen molar-refractivity contribution < 1.29 is 0 Å². The molecule has 3 aromatic rings. The molecule has 1 N–H and O–H groups in total. The Balaban J connectivity index is 1.37. The van der Waals surface area contributed by atoms with Crippen LogP contribution in [0, 0.1) is 0 Å². The summed E-state index contributed by atoms with van der Waals surface area (Å²) in [7, 11) is 0. The van der Waals surface area contributed by atoms with Gasteiger partial charge < -0.3 is 5.32 Å². The molecule has 1 aromatic heterocycles. The van der Waals surface area contributed by atoms with Crippen LogP contribution >= 0.6 is 23.1 Å². The van der Waals surface area contributed by atoms with Gasteiger partial charge in [0.25, 0.3) is 0 Å². The van der Waals surface area contributed by atoms with Gasteiger partial charge in [-0.2, -0.15) is 0 Å². The molecule has 0 radical (unpaired) electrons. The lowest BCUT2D eigenvalue weighted by Gasteiger charge is -2.12. The average Bonchev–Trinajstić information content (AvgIpc) is 3.06. The van der Waals surface area contributed by atoms with Crippen molar-refractivity contribution in [2.75, 3.05) is 17.6 Å². The summed E-state index contributed by atoms with van der Waals surface area (Å²) in [6.07, 6.45) is 4.70. The van der Waals surface area contributed by atoms with Gasteiger partial charge in [-0.15, -0.1) is 11.8 Å². The number of benzene rings is 2. The standard InChI is InChI=1S/C20H21N3S2/c1-2-9-18-17(8-1)23-20(25-18)21-12-11-15-6-5-7-16(14-15)22-19-10-3-4-13-24-19/h1-2,5-9,14H,3-4,10-13H2,(H,21,23). The molecule has 1 fully saturated rings. The van der Waals surface area contributed by atoms with Gasteiger partial charge in [0.05, 0.1) is 20.9 Å². The second kappa shape index (κ2) is 8.02. The van der Waals surface area contributed by atoms with Crippen LogP contribution in [0.2, 0.25) is 0 Å². The van der Waals surface area contributed by atoms with Crippen LogP contribution in [-0.2, 0) is 6.42 Å². The smallest absolute Gasteiger partial charge is 0.183 e. The van der Waals surface area contributed by atoms with Gasteiger partial charge in [-0.3, -0.25) is 0 Å². The van der Waals surface area contributed by atoms with E-state index in [9.17, 15) is 0 Å². The number of thiazole rings is 1. The van der Waals surface area contributed by atoms with Crippen molar-refractivity contribution in [3.8, 4) is 0 Å². The summed E-state index contributed by atoms with van der Waals surface area (Å²) in [5, 5.41) is 5.74. The molecule has 0 amide bonds. The van der Waals surface area contributed by atoms with E-state index in [0.717, 1.165) is 35.7 Å². The molecule has 1 saturated heterocycles. The van der Waals surface area contributed by atoms with Gasteiger partial charge in [0.1, 0.15) is 0 Å². The van der Waals surface area contributed by atoms with Gasteiger partial charge in [0, 0.05) is 6.54 Å². The molecule has 1 aliphatic rings. The first-order chi connectivity index (χ1) is 12.4. The first kappa shape index (κ1) is 16.6. The van der Waals surface area contributed by atoms with E-state index < -0.39 is 0 Å². The Morgan fingerprint density at radius 1 is 1.08 bits per heavy atom. The lowest BCUT2D eigenvalue weighted by Crippen LogP contribution is -2.04. The van der Waals surface area contributed by atoms with E-state index >= 15 is 0 Å². The highest BCUT2D eigenvalue weighted by Crippen LogP contribution is 2.26. The first-order valence-electron chi connectivity index (χ1n) is 8.75. The second-order valence-corrected chi connectivity index (χ2v) is 8.34. The van der Waals surface area contributed by atoms with Crippen molar-refractivity contribution >= 4 is 49.2 Å². The Hall–Kier alpha value is -1.85. The first-order valence-corrected chi connectivity index (χ1v) is 10.6. The van der Waals surface area contributed by atoms with Crippen LogP contribution in [0.15, 0.2) is 53.5 Å². The molecule has 0 bridgehead atoms. The molecule has 0 aliphatic carbocycles. The number of thioether (sulfide) groups is 1. The zero-order chi connectivity index (χ0) is 16.9. The van der Waals surface area contributed by atoms with Gasteiger partial charge in [0.2, 0.25) is 0 Å². The summed E-state index contributed by atoms with van der Waals surface area (Å²) in [6.45, 7) is 0.884. The molecule has 5 heteroatoms. The number of anilines is 1. The van der Waals surface area contributed by atoms with Crippen molar-refractivity contribution in [2.24, 2.45) is 4.99 Å². The van der Waals surface area contributed by atoms with Crippen LogP contribution in [-0.4, -0.2) is 22.3 Å². The number of nitrogens with one attached hydrogen (secondary N) is 1. The SMILES string of the molecule is c1cc(CCNc2nc3ccccc3s2)cc(N=C2CCCCS2)c1. The largest absolute Gasteiger partial charge is 0.361 e. The Labute approximate surface area is 156 Å². The maximum atomic E-state index is 4.82. The van der Waals surface area contributed by atoms with Gasteiger partial charge >= 0.3 is 0 Å². The fraction of sp³-hybridized carbons (Fsp3) is 0.300. The molecule has 0 saturated carbocycles. The van der Waals surface area contributed by atoms with Crippen LogP contribution in [0.5, 0.6) is 0 Å². The van der Waals surface area contributed by atoms with E-state index in [1.54, 1.807) is 11.3 Å². The fourth-order valence-electron chi connectivity index (χ4n) is 2.92. The minimum atomic E-state index is 0.884. The quantitative estimate of drug-likeness (QED) is 0.610. The molecule has 25 heavy (non-hydrogen) atoms. The van der Waals surface area contributed by atoms with Crippen molar-refractivity contribution in [3.63, 3.8) is 0 Å². The summed E-state index contributed by atoms with van der Waals surface area (Å²) in [4.78, 5) is 9.44. The molecule has 2 aromatic carbocycles. The number of hydrogen-bond acceptors (Lipinski definition) is 5. The average molecular weight is 368 g/mol. The number of nitrogens with zero attached hydrogens (tertiary/aromatic N) is 2. The molecule has 0 spiro atoms. The van der Waals surface area contributed by atoms with Gasteiger partial charge in [0.15, 0.2) is 5.13 Å². The van der Waals surface area contributed by atoms with E-state index in [-0.39, 0.29) is 0 Å². The summed E-state index contributed by atoms with van der Waals surface area (Å²) < 4.78 is 1.23. The van der Waals surface area contributed by atoms with Gasteiger partial charge in [-0.05, 0) is 61.3 Å². The predicted molar refractivity (Wildman–Crippen MR) is 112 cm³/mol. The Morgan fingerprint density at radius 3 is 2.92 bits per heavy atom. The van der Waals surface area contributed by atoms with Crippen LogP contribution in [0.4, 0.5) is 10.8 Å². The zero-order valence-corrected chi connectivity index (χ0v) is 15.7. The second-order valence-electron chi connectivity index (χ2n) is 6.14. The molecule has 3 nitrogen and oxygen atoms in total. The lowest BCUT2D eigenvalue weighted by atomic mass is 10.1. The normalized spacial score (nSPS) is 16.4. The Morgan fingerprint density at radius 2 is 2.04 bits per heavy atom. The van der Waals surface area contributed by atoms with E-state index in [4.69, 9.17) is 4.99 Å².